The summed E-state index contributed by atoms with van der Waals surface area (Å²) in [6.07, 6.45) is 4.17. The van der Waals surface area contributed by atoms with E-state index in [2.05, 4.69) is 18.7 Å². The zero-order chi connectivity index (χ0) is 26.7. The van der Waals surface area contributed by atoms with Gasteiger partial charge in [0.05, 0.1) is 22.9 Å². The van der Waals surface area contributed by atoms with Crippen molar-refractivity contribution in [2.24, 2.45) is 11.8 Å². The van der Waals surface area contributed by atoms with Crippen molar-refractivity contribution in [3.05, 3.63) is 54.4 Å². The molecule has 3 aromatic rings. The van der Waals surface area contributed by atoms with Crippen molar-refractivity contribution in [2.45, 2.75) is 50.5 Å². The third kappa shape index (κ3) is 5.95. The van der Waals surface area contributed by atoms with Crippen molar-refractivity contribution in [3.63, 3.8) is 0 Å². The number of hydrogen-bond acceptors (Lipinski definition) is 7. The minimum Gasteiger partial charge on any atom is -0.497 e. The molecule has 3 atom stereocenters. The molecule has 1 aromatic heterocycles. The van der Waals surface area contributed by atoms with Crippen LogP contribution in [0.25, 0.3) is 10.9 Å². The monoisotopic (exact) mass is 538 g/mol. The number of ether oxygens (including phenoxy) is 2. The maximum atomic E-state index is 13.1. The lowest BCUT2D eigenvalue weighted by atomic mass is 9.80. The number of para-hydroxylation sites is 1. The summed E-state index contributed by atoms with van der Waals surface area (Å²) < 4.78 is 39.3. The molecule has 2 aliphatic rings. The molecule has 1 saturated heterocycles. The molecule has 0 spiro atoms. The quantitative estimate of drug-likeness (QED) is 0.421. The summed E-state index contributed by atoms with van der Waals surface area (Å²) in [4.78, 5) is 12.2. The van der Waals surface area contributed by atoms with Gasteiger partial charge < -0.3 is 14.4 Å². The van der Waals surface area contributed by atoms with E-state index in [1.54, 1.807) is 35.7 Å². The Morgan fingerprint density at radius 3 is 2.37 bits per heavy atom. The summed E-state index contributed by atoms with van der Waals surface area (Å²) in [6.45, 7) is 7.67. The highest BCUT2D eigenvalue weighted by atomic mass is 32.2. The molecule has 204 valence electrons. The van der Waals surface area contributed by atoms with E-state index in [1.807, 2.05) is 24.3 Å². The maximum Gasteiger partial charge on any atom is 0.243 e. The summed E-state index contributed by atoms with van der Waals surface area (Å²) in [5, 5.41) is 0.958. The Morgan fingerprint density at radius 1 is 0.921 bits per heavy atom. The van der Waals surface area contributed by atoms with Gasteiger partial charge in [0.15, 0.2) is 0 Å². The fraction of sp³-hybridized carbons (Fsp3) is 0.517. The van der Waals surface area contributed by atoms with Crippen LogP contribution >= 0.6 is 0 Å². The molecule has 1 aliphatic carbocycles. The molecule has 2 heterocycles. The van der Waals surface area contributed by atoms with Crippen LogP contribution in [0.5, 0.6) is 11.6 Å². The van der Waals surface area contributed by atoms with Crippen molar-refractivity contribution in [3.8, 4) is 11.6 Å². The molecule has 38 heavy (non-hydrogen) atoms. The molecule has 1 aliphatic heterocycles. The Labute approximate surface area is 226 Å². The number of nitrogens with zero attached hydrogens (tertiary/aromatic N) is 4. The van der Waals surface area contributed by atoms with Gasteiger partial charge in [-0.05, 0) is 67.5 Å². The number of methoxy groups -OCH3 is 1. The van der Waals surface area contributed by atoms with Gasteiger partial charge in [0.2, 0.25) is 15.9 Å². The third-order valence-corrected chi connectivity index (χ3v) is 10.0. The molecule has 5 rings (SSSR count). The van der Waals surface area contributed by atoms with Gasteiger partial charge in [-0.1, -0.05) is 26.0 Å². The van der Waals surface area contributed by atoms with Crippen molar-refractivity contribution < 1.29 is 17.9 Å². The predicted molar refractivity (Wildman–Crippen MR) is 148 cm³/mol. The van der Waals surface area contributed by atoms with Crippen LogP contribution in [0.15, 0.2) is 53.4 Å². The lowest BCUT2D eigenvalue weighted by molar-refractivity contribution is 0.0976. The van der Waals surface area contributed by atoms with Crippen LogP contribution < -0.4 is 9.47 Å². The highest BCUT2D eigenvalue weighted by Crippen LogP contribution is 2.33. The summed E-state index contributed by atoms with van der Waals surface area (Å²) in [6, 6.07) is 14.6. The molecule has 3 unspecified atom stereocenters. The second-order valence-corrected chi connectivity index (χ2v) is 12.6. The van der Waals surface area contributed by atoms with Gasteiger partial charge in [-0.15, -0.1) is 0 Å². The summed E-state index contributed by atoms with van der Waals surface area (Å²) in [5.41, 5.74) is 0.903. The van der Waals surface area contributed by atoms with E-state index in [4.69, 9.17) is 19.4 Å². The normalized spacial score (nSPS) is 23.4. The second-order valence-electron chi connectivity index (χ2n) is 10.6. The molecule has 0 amide bonds. The fourth-order valence-electron chi connectivity index (χ4n) is 5.41. The minimum atomic E-state index is -3.52. The van der Waals surface area contributed by atoms with E-state index in [0.717, 1.165) is 42.0 Å². The standard InChI is InChI=1S/C29H38N4O4S/c1-21-8-9-24(20-22(21)2)37-29-26-6-4-5-7-27(26)30-28(31-29)14-15-32-16-18-33(19-17-32)38(34,35)25-12-10-23(36-3)11-13-25/h4-7,10-13,21-22,24H,8-9,14-20H2,1-3H3. The van der Waals surface area contributed by atoms with Gasteiger partial charge in [0, 0.05) is 39.1 Å². The first-order valence-electron chi connectivity index (χ1n) is 13.6. The Bertz CT molecular complexity index is 1340. The van der Waals surface area contributed by atoms with Gasteiger partial charge in [0.25, 0.3) is 0 Å². The van der Waals surface area contributed by atoms with E-state index >= 15 is 0 Å². The molecule has 2 fully saturated rings. The predicted octanol–water partition coefficient (Wildman–Crippen LogP) is 4.39. The molecule has 1 saturated carbocycles. The van der Waals surface area contributed by atoms with Crippen molar-refractivity contribution >= 4 is 20.9 Å². The minimum absolute atomic E-state index is 0.188. The van der Waals surface area contributed by atoms with Crippen LogP contribution in [0.1, 0.15) is 38.9 Å². The number of aromatic nitrogens is 2. The largest absolute Gasteiger partial charge is 0.497 e. The fourth-order valence-corrected chi connectivity index (χ4v) is 6.83. The van der Waals surface area contributed by atoms with Gasteiger partial charge in [-0.25, -0.2) is 13.4 Å². The van der Waals surface area contributed by atoms with E-state index < -0.39 is 10.0 Å². The smallest absolute Gasteiger partial charge is 0.243 e. The zero-order valence-electron chi connectivity index (χ0n) is 22.5. The van der Waals surface area contributed by atoms with Crippen molar-refractivity contribution in [1.29, 1.82) is 0 Å². The van der Waals surface area contributed by atoms with Gasteiger partial charge in [-0.3, -0.25) is 0 Å². The van der Waals surface area contributed by atoms with Crippen LogP contribution in [0.2, 0.25) is 0 Å². The third-order valence-electron chi connectivity index (χ3n) is 8.12. The molecule has 0 N–H and O–H groups in total. The molecule has 8 nitrogen and oxygen atoms in total. The first-order valence-corrected chi connectivity index (χ1v) is 15.1. The highest BCUT2D eigenvalue weighted by Gasteiger charge is 2.29. The highest BCUT2D eigenvalue weighted by molar-refractivity contribution is 7.89. The van der Waals surface area contributed by atoms with Crippen LogP contribution in [-0.4, -0.2) is 73.5 Å². The molecular weight excluding hydrogens is 500 g/mol. The van der Waals surface area contributed by atoms with Crippen LogP contribution in [-0.2, 0) is 16.4 Å². The van der Waals surface area contributed by atoms with Crippen molar-refractivity contribution in [1.82, 2.24) is 19.2 Å². The van der Waals surface area contributed by atoms with Gasteiger partial charge in [-0.2, -0.15) is 9.29 Å². The number of benzene rings is 2. The number of piperazine rings is 1. The molecule has 0 radical (unpaired) electrons. The molecule has 9 heteroatoms. The van der Waals surface area contributed by atoms with Crippen LogP contribution in [0.3, 0.4) is 0 Å². The number of fused-ring (bicyclic) bond motifs is 1. The summed E-state index contributed by atoms with van der Waals surface area (Å²) in [5.74, 6) is 3.48. The van der Waals surface area contributed by atoms with E-state index in [9.17, 15) is 8.42 Å². The first-order chi connectivity index (χ1) is 18.3. The van der Waals surface area contributed by atoms with Crippen LogP contribution in [0.4, 0.5) is 0 Å². The average molecular weight is 539 g/mol. The Morgan fingerprint density at radius 2 is 1.66 bits per heavy atom. The van der Waals surface area contributed by atoms with Gasteiger partial charge >= 0.3 is 0 Å². The number of hydrogen-bond donors (Lipinski definition) is 0. The Hall–Kier alpha value is -2.75. The van der Waals surface area contributed by atoms with Crippen molar-refractivity contribution in [2.75, 3.05) is 39.8 Å². The summed E-state index contributed by atoms with van der Waals surface area (Å²) in [7, 11) is -1.95. The number of rotatable bonds is 8. The molecule has 2 aromatic carbocycles. The second kappa shape index (κ2) is 11.6. The summed E-state index contributed by atoms with van der Waals surface area (Å²) >= 11 is 0. The van der Waals surface area contributed by atoms with E-state index in [1.165, 1.54) is 6.42 Å². The topological polar surface area (TPSA) is 84.9 Å². The SMILES string of the molecule is COc1ccc(S(=O)(=O)N2CCN(CCc3nc(OC4CCC(C)C(C)C4)c4ccccc4n3)CC2)cc1. The molecular formula is C29H38N4O4S. The van der Waals surface area contributed by atoms with E-state index in [0.29, 0.717) is 55.0 Å². The van der Waals surface area contributed by atoms with E-state index in [-0.39, 0.29) is 6.10 Å². The Kier molecular flexibility index (Phi) is 8.16. The zero-order valence-corrected chi connectivity index (χ0v) is 23.4. The molecule has 0 bridgehead atoms. The lowest BCUT2D eigenvalue weighted by Gasteiger charge is -2.34. The number of sulfonamides is 1. The Balaban J connectivity index is 1.21. The first kappa shape index (κ1) is 26.8. The van der Waals surface area contributed by atoms with Gasteiger partial charge in [0.1, 0.15) is 17.7 Å². The average Bonchev–Trinajstić information content (AvgIpc) is 2.94. The maximum absolute atomic E-state index is 13.1. The van der Waals surface area contributed by atoms with Crippen LogP contribution in [0, 0.1) is 11.8 Å². The lowest BCUT2D eigenvalue weighted by Crippen LogP contribution is -2.49.